The van der Waals surface area contributed by atoms with E-state index in [9.17, 15) is 4.79 Å². The second-order valence-corrected chi connectivity index (χ2v) is 4.69. The minimum Gasteiger partial charge on any atom is -0.267 e. The van der Waals surface area contributed by atoms with Crippen molar-refractivity contribution in [2.45, 2.75) is 45.6 Å². The van der Waals surface area contributed by atoms with Gasteiger partial charge in [0.15, 0.2) is 0 Å². The van der Waals surface area contributed by atoms with Gasteiger partial charge in [0, 0.05) is 5.39 Å². The summed E-state index contributed by atoms with van der Waals surface area (Å²) in [5, 5.41) is 6.02. The van der Waals surface area contributed by atoms with Gasteiger partial charge in [-0.1, -0.05) is 44.9 Å². The maximum Gasteiger partial charge on any atom is 0.274 e. The molecule has 2 rings (SSSR count). The zero-order valence-electron chi connectivity index (χ0n) is 11.1. The zero-order valence-corrected chi connectivity index (χ0v) is 11.1. The van der Waals surface area contributed by atoms with Crippen LogP contribution < -0.4 is 5.56 Å². The normalized spacial score (nSPS) is 12.8. The largest absolute Gasteiger partial charge is 0.274 e. The Labute approximate surface area is 107 Å². The summed E-state index contributed by atoms with van der Waals surface area (Å²) >= 11 is 0. The van der Waals surface area contributed by atoms with E-state index in [4.69, 9.17) is 0 Å². The van der Waals surface area contributed by atoms with Crippen molar-refractivity contribution in [3.63, 3.8) is 0 Å². The third kappa shape index (κ3) is 2.45. The number of rotatable bonds is 5. The number of hydrogen-bond donors (Lipinski definition) is 0. The molecule has 0 radical (unpaired) electrons. The molecule has 1 heterocycles. The molecule has 96 valence electrons. The van der Waals surface area contributed by atoms with Gasteiger partial charge in [-0.3, -0.25) is 4.79 Å². The van der Waals surface area contributed by atoms with Gasteiger partial charge in [-0.2, -0.15) is 5.10 Å². The van der Waals surface area contributed by atoms with Crippen LogP contribution in [-0.4, -0.2) is 9.78 Å². The Bertz CT molecular complexity index is 574. The molecule has 0 aliphatic heterocycles. The van der Waals surface area contributed by atoms with Gasteiger partial charge in [0.2, 0.25) is 0 Å². The number of fused-ring (bicyclic) bond motifs is 1. The lowest BCUT2D eigenvalue weighted by Crippen LogP contribution is -2.27. The van der Waals surface area contributed by atoms with Crippen LogP contribution in [0, 0.1) is 0 Å². The summed E-state index contributed by atoms with van der Waals surface area (Å²) < 4.78 is 1.66. The molecule has 3 heteroatoms. The van der Waals surface area contributed by atoms with Gasteiger partial charge in [0.25, 0.3) is 5.56 Å². The van der Waals surface area contributed by atoms with E-state index in [2.05, 4.69) is 18.9 Å². The van der Waals surface area contributed by atoms with Gasteiger partial charge >= 0.3 is 0 Å². The fourth-order valence-corrected chi connectivity index (χ4v) is 2.30. The summed E-state index contributed by atoms with van der Waals surface area (Å²) in [6, 6.07) is 7.87. The first kappa shape index (κ1) is 12.8. The number of nitrogens with zero attached hydrogens (tertiary/aromatic N) is 2. The first-order valence-electron chi connectivity index (χ1n) is 6.74. The van der Waals surface area contributed by atoms with E-state index < -0.39 is 0 Å². The molecule has 3 nitrogen and oxygen atoms in total. The molecule has 0 saturated carbocycles. The van der Waals surface area contributed by atoms with Crippen LogP contribution in [-0.2, 0) is 0 Å². The summed E-state index contributed by atoms with van der Waals surface area (Å²) in [6.45, 7) is 4.28. The SMILES string of the molecule is CCCCC(CC)n1ncc2ccccc2c1=O. The molecule has 0 fully saturated rings. The highest BCUT2D eigenvalue weighted by Crippen LogP contribution is 2.17. The average Bonchev–Trinajstić information content (AvgIpc) is 2.42. The lowest BCUT2D eigenvalue weighted by atomic mass is 10.1. The molecular weight excluding hydrogens is 224 g/mol. The quantitative estimate of drug-likeness (QED) is 0.806. The number of benzene rings is 1. The Hall–Kier alpha value is -1.64. The summed E-state index contributed by atoms with van der Waals surface area (Å²) in [5.74, 6) is 0. The molecule has 0 aliphatic rings. The fourth-order valence-electron chi connectivity index (χ4n) is 2.30. The standard InChI is InChI=1S/C15H20N2O/c1-3-5-9-13(4-2)17-15(18)14-10-7-6-8-12(14)11-16-17/h6-8,10-11,13H,3-5,9H2,1-2H3. The van der Waals surface area contributed by atoms with Crippen LogP contribution in [0.3, 0.4) is 0 Å². The molecule has 0 spiro atoms. The van der Waals surface area contributed by atoms with Crippen molar-refractivity contribution >= 4 is 10.8 Å². The van der Waals surface area contributed by atoms with Crippen LogP contribution >= 0.6 is 0 Å². The van der Waals surface area contributed by atoms with Crippen molar-refractivity contribution in [3.05, 3.63) is 40.8 Å². The van der Waals surface area contributed by atoms with E-state index in [1.807, 2.05) is 24.3 Å². The average molecular weight is 244 g/mol. The lowest BCUT2D eigenvalue weighted by Gasteiger charge is -2.16. The van der Waals surface area contributed by atoms with Crippen LogP contribution in [0.1, 0.15) is 45.6 Å². The molecule has 0 N–H and O–H groups in total. The smallest absolute Gasteiger partial charge is 0.267 e. The zero-order chi connectivity index (χ0) is 13.0. The van der Waals surface area contributed by atoms with E-state index in [-0.39, 0.29) is 11.6 Å². The highest BCUT2D eigenvalue weighted by atomic mass is 16.1. The molecule has 0 saturated heterocycles. The fraction of sp³-hybridized carbons (Fsp3) is 0.467. The van der Waals surface area contributed by atoms with Gasteiger partial charge in [0.05, 0.1) is 17.6 Å². The predicted octanol–water partition coefficient (Wildman–Crippen LogP) is 3.54. The highest BCUT2D eigenvalue weighted by molar-refractivity contribution is 5.80. The minimum absolute atomic E-state index is 0.0380. The first-order chi connectivity index (χ1) is 8.77. The van der Waals surface area contributed by atoms with Crippen LogP contribution in [0.2, 0.25) is 0 Å². The summed E-state index contributed by atoms with van der Waals surface area (Å²) in [7, 11) is 0. The first-order valence-corrected chi connectivity index (χ1v) is 6.74. The monoisotopic (exact) mass is 244 g/mol. The van der Waals surface area contributed by atoms with Crippen molar-refractivity contribution < 1.29 is 0 Å². The molecule has 0 amide bonds. The van der Waals surface area contributed by atoms with Crippen LogP contribution in [0.15, 0.2) is 35.3 Å². The molecule has 0 bridgehead atoms. The van der Waals surface area contributed by atoms with Crippen molar-refractivity contribution in [1.82, 2.24) is 9.78 Å². The topological polar surface area (TPSA) is 34.9 Å². The van der Waals surface area contributed by atoms with Crippen molar-refractivity contribution in [3.8, 4) is 0 Å². The van der Waals surface area contributed by atoms with Crippen molar-refractivity contribution in [2.24, 2.45) is 0 Å². The van der Waals surface area contributed by atoms with E-state index in [0.29, 0.717) is 0 Å². The van der Waals surface area contributed by atoms with E-state index in [1.54, 1.807) is 10.9 Å². The Morgan fingerprint density at radius 2 is 2.06 bits per heavy atom. The van der Waals surface area contributed by atoms with Gasteiger partial charge < -0.3 is 0 Å². The minimum atomic E-state index is 0.0380. The summed E-state index contributed by atoms with van der Waals surface area (Å²) in [5.41, 5.74) is 0.0380. The Kier molecular flexibility index (Phi) is 4.13. The van der Waals surface area contributed by atoms with Gasteiger partial charge in [-0.05, 0) is 18.9 Å². The van der Waals surface area contributed by atoms with Crippen LogP contribution in [0.5, 0.6) is 0 Å². The van der Waals surface area contributed by atoms with Gasteiger partial charge in [0.1, 0.15) is 0 Å². The number of hydrogen-bond acceptors (Lipinski definition) is 2. The molecular formula is C15H20N2O. The summed E-state index contributed by atoms with van der Waals surface area (Å²) in [6.07, 6.45) is 6.06. The van der Waals surface area contributed by atoms with E-state index in [0.717, 1.165) is 36.5 Å². The van der Waals surface area contributed by atoms with E-state index in [1.165, 1.54) is 0 Å². The second-order valence-electron chi connectivity index (χ2n) is 4.69. The molecule has 2 aromatic rings. The predicted molar refractivity (Wildman–Crippen MR) is 74.9 cm³/mol. The maximum absolute atomic E-state index is 12.4. The lowest BCUT2D eigenvalue weighted by molar-refractivity contribution is 0.387. The molecule has 1 aromatic heterocycles. The maximum atomic E-state index is 12.4. The summed E-state index contributed by atoms with van der Waals surface area (Å²) in [4.78, 5) is 12.4. The number of aromatic nitrogens is 2. The van der Waals surface area contributed by atoms with Crippen LogP contribution in [0.4, 0.5) is 0 Å². The Morgan fingerprint density at radius 3 is 2.78 bits per heavy atom. The van der Waals surface area contributed by atoms with Gasteiger partial charge in [-0.15, -0.1) is 0 Å². The second kappa shape index (κ2) is 5.80. The Balaban J connectivity index is 2.44. The van der Waals surface area contributed by atoms with Crippen molar-refractivity contribution in [1.29, 1.82) is 0 Å². The molecule has 0 aliphatic carbocycles. The third-order valence-electron chi connectivity index (χ3n) is 3.43. The highest BCUT2D eigenvalue weighted by Gasteiger charge is 2.12. The van der Waals surface area contributed by atoms with Gasteiger partial charge in [-0.25, -0.2) is 4.68 Å². The van der Waals surface area contributed by atoms with Crippen LogP contribution in [0.25, 0.3) is 10.8 Å². The Morgan fingerprint density at radius 1 is 1.28 bits per heavy atom. The molecule has 1 unspecified atom stereocenters. The molecule has 1 atom stereocenters. The van der Waals surface area contributed by atoms with Crippen molar-refractivity contribution in [2.75, 3.05) is 0 Å². The van der Waals surface area contributed by atoms with E-state index >= 15 is 0 Å². The molecule has 18 heavy (non-hydrogen) atoms. The number of unbranched alkanes of at least 4 members (excludes halogenated alkanes) is 1. The molecule has 1 aromatic carbocycles. The third-order valence-corrected chi connectivity index (χ3v) is 3.43.